The van der Waals surface area contributed by atoms with Crippen LogP contribution in [0.4, 0.5) is 0 Å². The molecule has 1 saturated carbocycles. The van der Waals surface area contributed by atoms with Gasteiger partial charge in [-0.15, -0.1) is 0 Å². The Labute approximate surface area is 123 Å². The molecule has 1 N–H and O–H groups in total. The Hall–Kier alpha value is -2.08. The van der Waals surface area contributed by atoms with Crippen LogP contribution < -0.4 is 4.74 Å². The Morgan fingerprint density at radius 3 is 2.43 bits per heavy atom. The van der Waals surface area contributed by atoms with E-state index in [9.17, 15) is 9.59 Å². The van der Waals surface area contributed by atoms with Crippen molar-refractivity contribution in [2.45, 2.75) is 18.9 Å². The molecule has 1 aromatic rings. The maximum absolute atomic E-state index is 12.3. The van der Waals surface area contributed by atoms with Crippen molar-refractivity contribution >= 4 is 11.9 Å². The van der Waals surface area contributed by atoms with E-state index in [2.05, 4.69) is 0 Å². The summed E-state index contributed by atoms with van der Waals surface area (Å²) in [6, 6.07) is 6.78. The first kappa shape index (κ1) is 15.3. The number of carboxylic acid groups (broad SMARTS) is 1. The van der Waals surface area contributed by atoms with Gasteiger partial charge >= 0.3 is 5.97 Å². The molecule has 2 rings (SSSR count). The maximum Gasteiger partial charge on any atom is 0.323 e. The standard InChI is InChI=1S/C15H19NO5/c1-20-8-9-21-13-6-2-11(3-7-13)15(19)16(10-14(17)18)12-4-5-12/h2-3,6-7,12H,4-5,8-10H2,1H3,(H,17,18). The van der Waals surface area contributed by atoms with Crippen molar-refractivity contribution in [3.63, 3.8) is 0 Å². The number of methoxy groups -OCH3 is 1. The van der Waals surface area contributed by atoms with E-state index in [1.54, 1.807) is 31.4 Å². The monoisotopic (exact) mass is 293 g/mol. The molecule has 0 atom stereocenters. The number of hydrogen-bond donors (Lipinski definition) is 1. The second-order valence-electron chi connectivity index (χ2n) is 4.92. The van der Waals surface area contributed by atoms with Crippen molar-refractivity contribution in [3.8, 4) is 5.75 Å². The molecule has 0 saturated heterocycles. The van der Waals surface area contributed by atoms with Gasteiger partial charge in [0.15, 0.2) is 0 Å². The minimum absolute atomic E-state index is 0.0613. The van der Waals surface area contributed by atoms with Gasteiger partial charge in [0.25, 0.3) is 5.91 Å². The van der Waals surface area contributed by atoms with Gasteiger partial charge in [0.05, 0.1) is 6.61 Å². The molecule has 0 radical (unpaired) electrons. The summed E-state index contributed by atoms with van der Waals surface area (Å²) in [5, 5.41) is 8.90. The molecule has 1 aliphatic carbocycles. The van der Waals surface area contributed by atoms with E-state index in [1.165, 1.54) is 4.90 Å². The molecule has 1 aliphatic rings. The topological polar surface area (TPSA) is 76.1 Å². The minimum atomic E-state index is -0.991. The molecule has 1 amide bonds. The molecule has 0 heterocycles. The zero-order chi connectivity index (χ0) is 15.2. The fourth-order valence-corrected chi connectivity index (χ4v) is 2.00. The van der Waals surface area contributed by atoms with Gasteiger partial charge in [-0.2, -0.15) is 0 Å². The predicted octanol–water partition coefficient (Wildman–Crippen LogP) is 1.40. The zero-order valence-corrected chi connectivity index (χ0v) is 11.9. The second-order valence-corrected chi connectivity index (χ2v) is 4.92. The van der Waals surface area contributed by atoms with E-state index in [-0.39, 0.29) is 18.5 Å². The first-order chi connectivity index (χ1) is 10.1. The van der Waals surface area contributed by atoms with Crippen LogP contribution in [0.1, 0.15) is 23.2 Å². The van der Waals surface area contributed by atoms with Gasteiger partial charge in [0.2, 0.25) is 0 Å². The Kier molecular flexibility index (Phi) is 5.16. The molecule has 21 heavy (non-hydrogen) atoms. The van der Waals surface area contributed by atoms with Crippen LogP contribution in [-0.4, -0.2) is 54.8 Å². The molecule has 1 fully saturated rings. The van der Waals surface area contributed by atoms with Gasteiger partial charge < -0.3 is 19.5 Å². The summed E-state index contributed by atoms with van der Waals surface area (Å²) in [5.41, 5.74) is 0.474. The number of hydrogen-bond acceptors (Lipinski definition) is 4. The number of aliphatic carboxylic acids is 1. The van der Waals surface area contributed by atoms with Gasteiger partial charge in [0, 0.05) is 18.7 Å². The van der Waals surface area contributed by atoms with Crippen LogP contribution in [0.5, 0.6) is 5.75 Å². The third kappa shape index (κ3) is 4.46. The van der Waals surface area contributed by atoms with Crippen LogP contribution in [0.25, 0.3) is 0 Å². The highest BCUT2D eigenvalue weighted by Crippen LogP contribution is 2.28. The van der Waals surface area contributed by atoms with Gasteiger partial charge in [-0.25, -0.2) is 0 Å². The number of carboxylic acids is 1. The highest BCUT2D eigenvalue weighted by Gasteiger charge is 2.34. The third-order valence-corrected chi connectivity index (χ3v) is 3.21. The van der Waals surface area contributed by atoms with Crippen LogP contribution in [0.2, 0.25) is 0 Å². The zero-order valence-electron chi connectivity index (χ0n) is 11.9. The van der Waals surface area contributed by atoms with Gasteiger partial charge in [-0.1, -0.05) is 0 Å². The van der Waals surface area contributed by atoms with Crippen LogP contribution in [-0.2, 0) is 9.53 Å². The molecule has 0 unspecified atom stereocenters. The molecule has 6 nitrogen and oxygen atoms in total. The smallest absolute Gasteiger partial charge is 0.323 e. The van der Waals surface area contributed by atoms with Crippen LogP contribution in [0, 0.1) is 0 Å². The van der Waals surface area contributed by atoms with Gasteiger partial charge in [0.1, 0.15) is 18.9 Å². The van der Waals surface area contributed by atoms with Crippen LogP contribution >= 0.6 is 0 Å². The highest BCUT2D eigenvalue weighted by atomic mass is 16.5. The first-order valence-electron chi connectivity index (χ1n) is 6.86. The van der Waals surface area contributed by atoms with Gasteiger partial charge in [-0.3, -0.25) is 9.59 Å². The fourth-order valence-electron chi connectivity index (χ4n) is 2.00. The van der Waals surface area contributed by atoms with Crippen LogP contribution in [0.15, 0.2) is 24.3 Å². The average molecular weight is 293 g/mol. The lowest BCUT2D eigenvalue weighted by molar-refractivity contribution is -0.137. The van der Waals surface area contributed by atoms with Crippen molar-refractivity contribution in [2.24, 2.45) is 0 Å². The highest BCUT2D eigenvalue weighted by molar-refractivity contribution is 5.96. The number of carbonyl (C=O) groups is 2. The number of ether oxygens (including phenoxy) is 2. The molecule has 1 aromatic carbocycles. The normalized spacial score (nSPS) is 13.8. The number of amides is 1. The van der Waals surface area contributed by atoms with Gasteiger partial charge in [-0.05, 0) is 37.1 Å². The number of nitrogens with zero attached hydrogens (tertiary/aromatic N) is 1. The van der Waals surface area contributed by atoms with Crippen molar-refractivity contribution in [1.82, 2.24) is 4.90 Å². The Balaban J connectivity index is 1.99. The van der Waals surface area contributed by atoms with E-state index in [0.717, 1.165) is 12.8 Å². The summed E-state index contributed by atoms with van der Waals surface area (Å²) in [5.74, 6) is -0.585. The molecule has 0 spiro atoms. The Bertz CT molecular complexity index is 495. The summed E-state index contributed by atoms with van der Waals surface area (Å²) < 4.78 is 10.3. The second kappa shape index (κ2) is 7.08. The minimum Gasteiger partial charge on any atom is -0.491 e. The lowest BCUT2D eigenvalue weighted by atomic mass is 10.2. The van der Waals surface area contributed by atoms with E-state index in [0.29, 0.717) is 24.5 Å². The van der Waals surface area contributed by atoms with Crippen molar-refractivity contribution < 1.29 is 24.2 Å². The van der Waals surface area contributed by atoms with Crippen molar-refractivity contribution in [2.75, 3.05) is 26.9 Å². The molecule has 0 bridgehead atoms. The number of carbonyl (C=O) groups excluding carboxylic acids is 1. The molecular formula is C15H19NO5. The predicted molar refractivity (Wildman–Crippen MR) is 75.5 cm³/mol. The molecule has 0 aromatic heterocycles. The van der Waals surface area contributed by atoms with Crippen molar-refractivity contribution in [3.05, 3.63) is 29.8 Å². The molecule has 6 heteroatoms. The summed E-state index contributed by atoms with van der Waals surface area (Å²) in [6.45, 7) is 0.682. The lowest BCUT2D eigenvalue weighted by Gasteiger charge is -2.20. The molecular weight excluding hydrogens is 274 g/mol. The average Bonchev–Trinajstić information content (AvgIpc) is 3.29. The van der Waals surface area contributed by atoms with E-state index in [1.807, 2.05) is 0 Å². The van der Waals surface area contributed by atoms with E-state index in [4.69, 9.17) is 14.6 Å². The lowest BCUT2D eigenvalue weighted by Crippen LogP contribution is -2.37. The number of rotatable bonds is 8. The first-order valence-corrected chi connectivity index (χ1v) is 6.86. The van der Waals surface area contributed by atoms with E-state index >= 15 is 0 Å². The summed E-state index contributed by atoms with van der Waals surface area (Å²) >= 11 is 0. The summed E-state index contributed by atoms with van der Waals surface area (Å²) in [4.78, 5) is 24.6. The largest absolute Gasteiger partial charge is 0.491 e. The van der Waals surface area contributed by atoms with Crippen LogP contribution in [0.3, 0.4) is 0 Å². The molecule has 114 valence electrons. The Morgan fingerprint density at radius 1 is 1.24 bits per heavy atom. The van der Waals surface area contributed by atoms with E-state index < -0.39 is 5.97 Å². The fraction of sp³-hybridized carbons (Fsp3) is 0.467. The quantitative estimate of drug-likeness (QED) is 0.733. The number of benzene rings is 1. The summed E-state index contributed by atoms with van der Waals surface area (Å²) in [7, 11) is 1.60. The maximum atomic E-state index is 12.3. The van der Waals surface area contributed by atoms with Crippen molar-refractivity contribution in [1.29, 1.82) is 0 Å². The SMILES string of the molecule is COCCOc1ccc(C(=O)N(CC(=O)O)C2CC2)cc1. The summed E-state index contributed by atoms with van der Waals surface area (Å²) in [6.07, 6.45) is 1.74. The Morgan fingerprint density at radius 2 is 1.90 bits per heavy atom. The third-order valence-electron chi connectivity index (χ3n) is 3.21. The molecule has 0 aliphatic heterocycles.